The van der Waals surface area contributed by atoms with Gasteiger partial charge in [-0.05, 0) is 32.4 Å². The molecule has 0 spiro atoms. The maximum Gasteiger partial charge on any atom is 0.179 e. The fourth-order valence-electron chi connectivity index (χ4n) is 1.86. The van der Waals surface area contributed by atoms with E-state index in [9.17, 15) is 4.79 Å². The Bertz CT molecular complexity index is 409. The molecule has 2 heteroatoms. The van der Waals surface area contributed by atoms with Crippen molar-refractivity contribution in [1.82, 2.24) is 0 Å². The Morgan fingerprint density at radius 1 is 1.31 bits per heavy atom. The molecule has 0 radical (unpaired) electrons. The van der Waals surface area contributed by atoms with Crippen LogP contribution >= 0.6 is 0 Å². The van der Waals surface area contributed by atoms with Crippen molar-refractivity contribution in [2.45, 2.75) is 33.6 Å². The number of hydrogen-bond donors (Lipinski definition) is 0. The zero-order chi connectivity index (χ0) is 12.1. The molecule has 0 amide bonds. The molecule has 1 rings (SSSR count). The number of carbonyl (C=O) groups is 1. The highest BCUT2D eigenvalue weighted by Gasteiger charge is 2.18. The van der Waals surface area contributed by atoms with Crippen molar-refractivity contribution in [3.8, 4) is 6.07 Å². The molecular formula is C14H17NO. The number of benzene rings is 1. The van der Waals surface area contributed by atoms with Gasteiger partial charge in [-0.2, -0.15) is 5.26 Å². The van der Waals surface area contributed by atoms with Crippen LogP contribution in [0.2, 0.25) is 0 Å². The molecule has 0 aromatic heterocycles. The molecule has 0 bridgehead atoms. The van der Waals surface area contributed by atoms with Crippen LogP contribution in [-0.4, -0.2) is 5.78 Å². The minimum atomic E-state index is -0.494. The third kappa shape index (κ3) is 2.93. The van der Waals surface area contributed by atoms with Crippen molar-refractivity contribution in [3.63, 3.8) is 0 Å². The molecule has 84 valence electrons. The lowest BCUT2D eigenvalue weighted by molar-refractivity contribution is 0.0943. The maximum absolute atomic E-state index is 12.0. The summed E-state index contributed by atoms with van der Waals surface area (Å²) in [6.45, 7) is 5.91. The monoisotopic (exact) mass is 215 g/mol. The molecule has 0 heterocycles. The number of carbonyl (C=O) groups excluding carboxylic acids is 1. The van der Waals surface area contributed by atoms with E-state index < -0.39 is 5.92 Å². The number of aryl methyl sites for hydroxylation is 2. The van der Waals surface area contributed by atoms with Crippen molar-refractivity contribution in [1.29, 1.82) is 5.26 Å². The van der Waals surface area contributed by atoms with Crippen LogP contribution in [0.15, 0.2) is 18.2 Å². The summed E-state index contributed by atoms with van der Waals surface area (Å²) >= 11 is 0. The first-order valence-corrected chi connectivity index (χ1v) is 5.60. The molecule has 0 aliphatic rings. The average Bonchev–Trinajstić information content (AvgIpc) is 2.23. The molecule has 0 aliphatic carbocycles. The Hall–Kier alpha value is -1.62. The first-order valence-electron chi connectivity index (χ1n) is 5.60. The lowest BCUT2D eigenvalue weighted by Crippen LogP contribution is -2.13. The predicted molar refractivity (Wildman–Crippen MR) is 64.3 cm³/mol. The second-order valence-corrected chi connectivity index (χ2v) is 4.21. The minimum Gasteiger partial charge on any atom is -0.293 e. The molecule has 1 aromatic rings. The van der Waals surface area contributed by atoms with Crippen LogP contribution in [0.4, 0.5) is 0 Å². The Balaban J connectivity index is 3.00. The maximum atomic E-state index is 12.0. The summed E-state index contributed by atoms with van der Waals surface area (Å²) in [6, 6.07) is 7.83. The number of ketones is 1. The number of hydrogen-bond acceptors (Lipinski definition) is 2. The molecule has 1 aromatic carbocycles. The van der Waals surface area contributed by atoms with Gasteiger partial charge in [-0.15, -0.1) is 0 Å². The SMILES string of the molecule is CCCC(C#N)C(=O)c1cc(C)cc(C)c1. The second-order valence-electron chi connectivity index (χ2n) is 4.21. The summed E-state index contributed by atoms with van der Waals surface area (Å²) in [7, 11) is 0. The molecular weight excluding hydrogens is 198 g/mol. The summed E-state index contributed by atoms with van der Waals surface area (Å²) in [5.41, 5.74) is 2.80. The topological polar surface area (TPSA) is 40.9 Å². The Kier molecular flexibility index (Phi) is 4.25. The highest BCUT2D eigenvalue weighted by Crippen LogP contribution is 2.16. The number of nitrogens with zero attached hydrogens (tertiary/aromatic N) is 1. The van der Waals surface area contributed by atoms with Crippen molar-refractivity contribution in [2.75, 3.05) is 0 Å². The molecule has 0 fully saturated rings. The third-order valence-electron chi connectivity index (χ3n) is 2.56. The van der Waals surface area contributed by atoms with Crippen molar-refractivity contribution in [3.05, 3.63) is 34.9 Å². The van der Waals surface area contributed by atoms with Crippen LogP contribution in [-0.2, 0) is 0 Å². The van der Waals surface area contributed by atoms with Gasteiger partial charge in [0, 0.05) is 5.56 Å². The largest absolute Gasteiger partial charge is 0.293 e. The van der Waals surface area contributed by atoms with E-state index >= 15 is 0 Å². The summed E-state index contributed by atoms with van der Waals surface area (Å²) in [6.07, 6.45) is 1.50. The van der Waals surface area contributed by atoms with Gasteiger partial charge < -0.3 is 0 Å². The molecule has 1 unspecified atom stereocenters. The summed E-state index contributed by atoms with van der Waals surface area (Å²) in [5.74, 6) is -0.539. The molecule has 16 heavy (non-hydrogen) atoms. The lowest BCUT2D eigenvalue weighted by atomic mass is 9.93. The van der Waals surface area contributed by atoms with Gasteiger partial charge in [0.15, 0.2) is 5.78 Å². The molecule has 2 nitrogen and oxygen atoms in total. The molecule has 0 saturated carbocycles. The van der Waals surface area contributed by atoms with Crippen LogP contribution < -0.4 is 0 Å². The fourth-order valence-corrected chi connectivity index (χ4v) is 1.86. The standard InChI is InChI=1S/C14H17NO/c1-4-5-12(9-15)14(16)13-7-10(2)6-11(3)8-13/h6-8,12H,4-5H2,1-3H3. The number of nitriles is 1. The smallest absolute Gasteiger partial charge is 0.179 e. The molecule has 0 saturated heterocycles. The van der Waals surface area contributed by atoms with Gasteiger partial charge in [0.25, 0.3) is 0 Å². The summed E-state index contributed by atoms with van der Waals surface area (Å²) in [4.78, 5) is 12.0. The third-order valence-corrected chi connectivity index (χ3v) is 2.56. The Morgan fingerprint density at radius 3 is 2.31 bits per heavy atom. The summed E-state index contributed by atoms with van der Waals surface area (Å²) < 4.78 is 0. The fraction of sp³-hybridized carbons (Fsp3) is 0.429. The van der Waals surface area contributed by atoms with E-state index in [2.05, 4.69) is 6.07 Å². The van der Waals surface area contributed by atoms with Gasteiger partial charge in [-0.1, -0.05) is 30.5 Å². The zero-order valence-electron chi connectivity index (χ0n) is 10.1. The normalized spacial score (nSPS) is 11.9. The van der Waals surface area contributed by atoms with Gasteiger partial charge in [0.1, 0.15) is 5.92 Å². The Labute approximate surface area is 96.9 Å². The van der Waals surface area contributed by atoms with E-state index in [1.54, 1.807) is 0 Å². The van der Waals surface area contributed by atoms with Gasteiger partial charge in [0.05, 0.1) is 6.07 Å². The highest BCUT2D eigenvalue weighted by atomic mass is 16.1. The molecule has 0 aliphatic heterocycles. The summed E-state index contributed by atoms with van der Waals surface area (Å²) in [5, 5.41) is 8.96. The van der Waals surface area contributed by atoms with Crippen molar-refractivity contribution < 1.29 is 4.79 Å². The van der Waals surface area contributed by atoms with E-state index in [1.165, 1.54) is 0 Å². The minimum absolute atomic E-state index is 0.0452. The zero-order valence-corrected chi connectivity index (χ0v) is 10.1. The van der Waals surface area contributed by atoms with E-state index in [4.69, 9.17) is 5.26 Å². The van der Waals surface area contributed by atoms with E-state index in [0.29, 0.717) is 12.0 Å². The van der Waals surface area contributed by atoms with Crippen LogP contribution in [0.25, 0.3) is 0 Å². The van der Waals surface area contributed by atoms with Crippen molar-refractivity contribution >= 4 is 5.78 Å². The van der Waals surface area contributed by atoms with Crippen LogP contribution in [0.5, 0.6) is 0 Å². The van der Waals surface area contributed by atoms with Crippen LogP contribution in [0, 0.1) is 31.1 Å². The van der Waals surface area contributed by atoms with Gasteiger partial charge in [-0.25, -0.2) is 0 Å². The number of Topliss-reactive ketones (excluding diaryl/α,β-unsaturated/α-hetero) is 1. The van der Waals surface area contributed by atoms with Gasteiger partial charge in [-0.3, -0.25) is 4.79 Å². The van der Waals surface area contributed by atoms with Gasteiger partial charge >= 0.3 is 0 Å². The quantitative estimate of drug-likeness (QED) is 0.722. The van der Waals surface area contributed by atoms with Crippen molar-refractivity contribution in [2.24, 2.45) is 5.92 Å². The first kappa shape index (κ1) is 12.4. The van der Waals surface area contributed by atoms with Crippen LogP contribution in [0.3, 0.4) is 0 Å². The Morgan fingerprint density at radius 2 is 1.88 bits per heavy atom. The number of rotatable bonds is 4. The van der Waals surface area contributed by atoms with E-state index in [1.807, 2.05) is 39.0 Å². The second kappa shape index (κ2) is 5.46. The molecule has 0 N–H and O–H groups in total. The van der Waals surface area contributed by atoms with Crippen LogP contribution in [0.1, 0.15) is 41.3 Å². The molecule has 1 atom stereocenters. The van der Waals surface area contributed by atoms with Gasteiger partial charge in [0.2, 0.25) is 0 Å². The predicted octanol–water partition coefficient (Wildman–Crippen LogP) is 3.43. The van der Waals surface area contributed by atoms with E-state index in [-0.39, 0.29) is 5.78 Å². The van der Waals surface area contributed by atoms with E-state index in [0.717, 1.165) is 17.5 Å². The lowest BCUT2D eigenvalue weighted by Gasteiger charge is -2.08. The first-order chi connectivity index (χ1) is 7.58. The average molecular weight is 215 g/mol. The highest BCUT2D eigenvalue weighted by molar-refractivity contribution is 5.99.